The van der Waals surface area contributed by atoms with E-state index in [4.69, 9.17) is 4.74 Å². The molecule has 1 saturated heterocycles. The quantitative estimate of drug-likeness (QED) is 0.915. The maximum absolute atomic E-state index is 12.4. The fourth-order valence-electron chi connectivity index (χ4n) is 3.27. The molecule has 2 heterocycles. The molecule has 6 nitrogen and oxygen atoms in total. The van der Waals surface area contributed by atoms with Crippen molar-refractivity contribution in [2.75, 3.05) is 25.1 Å². The van der Waals surface area contributed by atoms with E-state index >= 15 is 0 Å². The summed E-state index contributed by atoms with van der Waals surface area (Å²) in [6.07, 6.45) is 2.46. The number of anilines is 1. The number of rotatable bonds is 4. The van der Waals surface area contributed by atoms with E-state index in [1.54, 1.807) is 7.11 Å². The summed E-state index contributed by atoms with van der Waals surface area (Å²) in [7, 11) is 1.62. The molecule has 0 atom stereocenters. The Labute approximate surface area is 153 Å². The predicted molar refractivity (Wildman–Crippen MR) is 101 cm³/mol. The van der Waals surface area contributed by atoms with Gasteiger partial charge in [-0.1, -0.05) is 32.0 Å². The topological polar surface area (TPSA) is 82.0 Å². The van der Waals surface area contributed by atoms with Crippen LogP contribution in [0.3, 0.4) is 0 Å². The molecule has 0 radical (unpaired) electrons. The number of nitrogens with one attached hydrogen (secondary N) is 1. The third-order valence-electron chi connectivity index (χ3n) is 5.03. The van der Waals surface area contributed by atoms with Gasteiger partial charge in [0.1, 0.15) is 17.6 Å². The van der Waals surface area contributed by atoms with Crippen LogP contribution in [0.15, 0.2) is 29.1 Å². The van der Waals surface area contributed by atoms with Gasteiger partial charge in [-0.15, -0.1) is 0 Å². The van der Waals surface area contributed by atoms with E-state index in [1.165, 1.54) is 0 Å². The highest BCUT2D eigenvalue weighted by Crippen LogP contribution is 2.32. The molecule has 1 aromatic heterocycles. The third-order valence-corrected chi connectivity index (χ3v) is 5.03. The van der Waals surface area contributed by atoms with Crippen LogP contribution in [0.2, 0.25) is 0 Å². The smallest absolute Gasteiger partial charge is 0.271 e. The van der Waals surface area contributed by atoms with E-state index in [-0.39, 0.29) is 16.5 Å². The lowest BCUT2D eigenvalue weighted by Gasteiger charge is -2.37. The highest BCUT2D eigenvalue weighted by Gasteiger charge is 2.28. The number of nitrogens with zero attached hydrogens (tertiary/aromatic N) is 3. The van der Waals surface area contributed by atoms with Crippen LogP contribution >= 0.6 is 0 Å². The van der Waals surface area contributed by atoms with E-state index in [0.29, 0.717) is 18.1 Å². The SMILES string of the molecule is COc1ccccc1Cc1nc(N2CCC(C)(C)CC2)c(C#N)c(=O)[nH]1. The van der Waals surface area contributed by atoms with Gasteiger partial charge in [0.25, 0.3) is 5.56 Å². The number of piperidine rings is 1. The Hall–Kier alpha value is -2.81. The van der Waals surface area contributed by atoms with Gasteiger partial charge in [-0.2, -0.15) is 5.26 Å². The molecule has 0 bridgehead atoms. The summed E-state index contributed by atoms with van der Waals surface area (Å²) < 4.78 is 5.38. The number of H-pyrrole nitrogens is 1. The highest BCUT2D eigenvalue weighted by atomic mass is 16.5. The van der Waals surface area contributed by atoms with Crippen LogP contribution in [0, 0.1) is 16.7 Å². The molecule has 0 aliphatic carbocycles. The van der Waals surface area contributed by atoms with Crippen molar-refractivity contribution >= 4 is 5.82 Å². The number of aromatic nitrogens is 2. The molecule has 2 aromatic rings. The minimum Gasteiger partial charge on any atom is -0.496 e. The number of aromatic amines is 1. The normalized spacial score (nSPS) is 16.2. The fourth-order valence-corrected chi connectivity index (χ4v) is 3.27. The molecule has 1 aromatic carbocycles. The average Bonchev–Trinajstić information content (AvgIpc) is 2.62. The van der Waals surface area contributed by atoms with E-state index in [9.17, 15) is 10.1 Å². The summed E-state index contributed by atoms with van der Waals surface area (Å²) in [5.74, 6) is 1.79. The number of para-hydroxylation sites is 1. The Morgan fingerprint density at radius 2 is 2.00 bits per heavy atom. The Bertz CT molecular complexity index is 885. The van der Waals surface area contributed by atoms with Crippen molar-refractivity contribution in [2.24, 2.45) is 5.41 Å². The lowest BCUT2D eigenvalue weighted by Crippen LogP contribution is -2.39. The van der Waals surface area contributed by atoms with Crippen LogP contribution in [-0.2, 0) is 6.42 Å². The van der Waals surface area contributed by atoms with Gasteiger partial charge in [0.15, 0.2) is 11.4 Å². The standard InChI is InChI=1S/C20H24N4O2/c1-20(2)8-10-24(11-9-20)18-15(13-21)19(25)23-17(22-18)12-14-6-4-5-7-16(14)26-3/h4-7H,8-12H2,1-3H3,(H,22,23,25). The first-order valence-corrected chi connectivity index (χ1v) is 8.83. The highest BCUT2D eigenvalue weighted by molar-refractivity contribution is 5.53. The molecule has 1 aliphatic rings. The minimum atomic E-state index is -0.382. The van der Waals surface area contributed by atoms with Crippen molar-refractivity contribution in [1.29, 1.82) is 5.26 Å². The molecule has 0 saturated carbocycles. The zero-order valence-corrected chi connectivity index (χ0v) is 15.5. The Kier molecular flexibility index (Phi) is 4.99. The lowest BCUT2D eigenvalue weighted by molar-refractivity contribution is 0.279. The van der Waals surface area contributed by atoms with Gasteiger partial charge >= 0.3 is 0 Å². The molecule has 0 spiro atoms. The zero-order chi connectivity index (χ0) is 18.7. The van der Waals surface area contributed by atoms with Gasteiger partial charge < -0.3 is 14.6 Å². The van der Waals surface area contributed by atoms with Crippen LogP contribution < -0.4 is 15.2 Å². The maximum Gasteiger partial charge on any atom is 0.271 e. The minimum absolute atomic E-state index is 0.0912. The average molecular weight is 352 g/mol. The summed E-state index contributed by atoms with van der Waals surface area (Å²) in [5, 5.41) is 9.44. The summed E-state index contributed by atoms with van der Waals surface area (Å²) in [4.78, 5) is 21.9. The van der Waals surface area contributed by atoms with Crippen molar-refractivity contribution < 1.29 is 4.74 Å². The van der Waals surface area contributed by atoms with Gasteiger partial charge in [0.05, 0.1) is 7.11 Å². The second-order valence-electron chi connectivity index (χ2n) is 7.46. The van der Waals surface area contributed by atoms with Gasteiger partial charge in [0, 0.05) is 25.1 Å². The van der Waals surface area contributed by atoms with E-state index in [0.717, 1.165) is 37.2 Å². The molecular formula is C20H24N4O2. The van der Waals surface area contributed by atoms with Crippen LogP contribution in [0.25, 0.3) is 0 Å². The van der Waals surface area contributed by atoms with Crippen LogP contribution in [0.5, 0.6) is 5.75 Å². The Morgan fingerprint density at radius 1 is 1.31 bits per heavy atom. The Morgan fingerprint density at radius 3 is 2.65 bits per heavy atom. The van der Waals surface area contributed by atoms with Crippen molar-refractivity contribution in [2.45, 2.75) is 33.1 Å². The molecule has 3 rings (SSSR count). The van der Waals surface area contributed by atoms with E-state index < -0.39 is 0 Å². The second kappa shape index (κ2) is 7.20. The number of nitriles is 1. The van der Waals surface area contributed by atoms with Crippen molar-refractivity contribution in [3.05, 3.63) is 51.6 Å². The van der Waals surface area contributed by atoms with Gasteiger partial charge in [-0.3, -0.25) is 4.79 Å². The molecule has 6 heteroatoms. The summed E-state index contributed by atoms with van der Waals surface area (Å²) >= 11 is 0. The number of hydrogen-bond acceptors (Lipinski definition) is 5. The molecule has 0 amide bonds. The largest absolute Gasteiger partial charge is 0.496 e. The van der Waals surface area contributed by atoms with E-state index in [1.807, 2.05) is 30.3 Å². The molecule has 1 fully saturated rings. The second-order valence-corrected chi connectivity index (χ2v) is 7.46. The number of ether oxygens (including phenoxy) is 1. The first kappa shape index (κ1) is 18.0. The molecule has 136 valence electrons. The van der Waals surface area contributed by atoms with Crippen LogP contribution in [-0.4, -0.2) is 30.2 Å². The van der Waals surface area contributed by atoms with Crippen molar-refractivity contribution in [3.8, 4) is 11.8 Å². The third kappa shape index (κ3) is 3.72. The zero-order valence-electron chi connectivity index (χ0n) is 15.5. The number of methoxy groups -OCH3 is 1. The fraction of sp³-hybridized carbons (Fsp3) is 0.450. The maximum atomic E-state index is 12.4. The monoisotopic (exact) mass is 352 g/mol. The van der Waals surface area contributed by atoms with Gasteiger partial charge in [-0.05, 0) is 24.3 Å². The molecule has 1 N–H and O–H groups in total. The summed E-state index contributed by atoms with van der Waals surface area (Å²) in [5.41, 5.74) is 0.930. The van der Waals surface area contributed by atoms with Crippen molar-refractivity contribution in [3.63, 3.8) is 0 Å². The molecule has 1 aliphatic heterocycles. The number of benzene rings is 1. The summed E-state index contributed by atoms with van der Waals surface area (Å²) in [6, 6.07) is 9.67. The first-order valence-electron chi connectivity index (χ1n) is 8.83. The predicted octanol–water partition coefficient (Wildman–Crippen LogP) is 2.87. The molecule has 26 heavy (non-hydrogen) atoms. The van der Waals surface area contributed by atoms with Gasteiger partial charge in [0.2, 0.25) is 0 Å². The molecule has 0 unspecified atom stereocenters. The van der Waals surface area contributed by atoms with Crippen LogP contribution in [0.4, 0.5) is 5.82 Å². The van der Waals surface area contributed by atoms with Gasteiger partial charge in [-0.25, -0.2) is 4.98 Å². The Balaban J connectivity index is 1.95. The van der Waals surface area contributed by atoms with E-state index in [2.05, 4.69) is 28.7 Å². The van der Waals surface area contributed by atoms with Crippen LogP contribution in [0.1, 0.15) is 43.6 Å². The van der Waals surface area contributed by atoms with Crippen molar-refractivity contribution in [1.82, 2.24) is 9.97 Å². The lowest BCUT2D eigenvalue weighted by atomic mass is 9.82. The molecular weight excluding hydrogens is 328 g/mol. The number of hydrogen-bond donors (Lipinski definition) is 1. The first-order chi connectivity index (χ1) is 12.4. The summed E-state index contributed by atoms with van der Waals surface area (Å²) in [6.45, 7) is 6.08.